The SMILES string of the molecule is CC.CC.CC(C)(C)OC(=O)N1CCCC1.NC(CCC1CC1)(c1ccncc1)c1ccc(F)c(NC=O)c1. The summed E-state index contributed by atoms with van der Waals surface area (Å²) < 4.78 is 19.0. The van der Waals surface area contributed by atoms with Crippen LogP contribution in [0.15, 0.2) is 42.7 Å². The van der Waals surface area contributed by atoms with Crippen LogP contribution in [0.25, 0.3) is 0 Å². The van der Waals surface area contributed by atoms with E-state index in [2.05, 4.69) is 10.3 Å². The number of anilines is 1. The zero-order chi connectivity index (χ0) is 29.5. The summed E-state index contributed by atoms with van der Waals surface area (Å²) in [6, 6.07) is 8.45. The highest BCUT2D eigenvalue weighted by Crippen LogP contribution is 2.40. The number of hydrogen-bond acceptors (Lipinski definition) is 5. The van der Waals surface area contributed by atoms with E-state index in [1.807, 2.05) is 60.6 Å². The second-order valence-electron chi connectivity index (χ2n) is 10.3. The fraction of sp³-hybridized carbons (Fsp3) is 0.581. The molecule has 1 aromatic heterocycles. The monoisotopic (exact) mass is 544 g/mol. The van der Waals surface area contributed by atoms with Crippen LogP contribution in [0.1, 0.15) is 98.1 Å². The van der Waals surface area contributed by atoms with Gasteiger partial charge in [-0.15, -0.1) is 0 Å². The number of nitrogens with zero attached hydrogens (tertiary/aromatic N) is 2. The van der Waals surface area contributed by atoms with Crippen molar-refractivity contribution in [2.24, 2.45) is 11.7 Å². The molecule has 1 saturated heterocycles. The predicted molar refractivity (Wildman–Crippen MR) is 157 cm³/mol. The Morgan fingerprint density at radius 2 is 1.67 bits per heavy atom. The fourth-order valence-electron chi connectivity index (χ4n) is 4.15. The molecule has 1 saturated carbocycles. The number of ether oxygens (including phenoxy) is 1. The topological polar surface area (TPSA) is 97.6 Å². The quantitative estimate of drug-likeness (QED) is 0.358. The Labute approximate surface area is 234 Å². The summed E-state index contributed by atoms with van der Waals surface area (Å²) in [5.41, 5.74) is 7.56. The Morgan fingerprint density at radius 1 is 1.08 bits per heavy atom. The van der Waals surface area contributed by atoms with Gasteiger partial charge in [-0.25, -0.2) is 9.18 Å². The minimum atomic E-state index is -0.724. The van der Waals surface area contributed by atoms with E-state index in [9.17, 15) is 14.0 Å². The zero-order valence-electron chi connectivity index (χ0n) is 24.9. The van der Waals surface area contributed by atoms with E-state index in [4.69, 9.17) is 10.5 Å². The number of amides is 2. The maximum atomic E-state index is 13.8. The van der Waals surface area contributed by atoms with E-state index in [0.29, 0.717) is 6.41 Å². The number of pyridine rings is 1. The van der Waals surface area contributed by atoms with E-state index in [1.54, 1.807) is 29.4 Å². The number of rotatable bonds is 7. The summed E-state index contributed by atoms with van der Waals surface area (Å²) in [6.45, 7) is 15.4. The van der Waals surface area contributed by atoms with Gasteiger partial charge in [0.1, 0.15) is 11.4 Å². The molecule has 39 heavy (non-hydrogen) atoms. The lowest BCUT2D eigenvalue weighted by molar-refractivity contribution is -0.105. The van der Waals surface area contributed by atoms with E-state index < -0.39 is 11.4 Å². The standard InChI is InChI=1S/C18H20FN3O.C9H17NO2.2C2H6/c19-16-4-3-15(11-17(16)22-12-23)18(20,8-5-13-1-2-13)14-6-9-21-10-7-14;1-9(2,3)12-8(11)10-6-4-5-7-10;2*1-2/h3-4,6-7,9-13H,1-2,5,8,20H2,(H,22,23);4-7H2,1-3H3;2*1-2H3. The summed E-state index contributed by atoms with van der Waals surface area (Å²) >= 11 is 0. The molecular formula is C31H49FN4O3. The Kier molecular flexibility index (Phi) is 14.7. The number of hydrogen-bond donors (Lipinski definition) is 2. The molecule has 1 atom stereocenters. The van der Waals surface area contributed by atoms with Crippen molar-refractivity contribution >= 4 is 18.2 Å². The van der Waals surface area contributed by atoms with E-state index in [0.717, 1.165) is 55.8 Å². The molecule has 0 bridgehead atoms. The Balaban J connectivity index is 0.000000402. The molecule has 3 N–H and O–H groups in total. The van der Waals surface area contributed by atoms with Gasteiger partial charge in [-0.3, -0.25) is 9.78 Å². The number of carbonyl (C=O) groups is 2. The highest BCUT2D eigenvalue weighted by Gasteiger charge is 2.33. The van der Waals surface area contributed by atoms with Crippen LogP contribution >= 0.6 is 0 Å². The molecule has 2 heterocycles. The predicted octanol–water partition coefficient (Wildman–Crippen LogP) is 7.25. The van der Waals surface area contributed by atoms with Crippen molar-refractivity contribution < 1.29 is 18.7 Å². The van der Waals surface area contributed by atoms with Crippen LogP contribution in [0.3, 0.4) is 0 Å². The van der Waals surface area contributed by atoms with Crippen molar-refractivity contribution in [1.82, 2.24) is 9.88 Å². The van der Waals surface area contributed by atoms with Crippen molar-refractivity contribution in [1.29, 1.82) is 0 Å². The Morgan fingerprint density at radius 3 is 2.18 bits per heavy atom. The lowest BCUT2D eigenvalue weighted by Crippen LogP contribution is -2.38. The first kappa shape index (κ1) is 34.0. The summed E-state index contributed by atoms with van der Waals surface area (Å²) in [5, 5.41) is 2.39. The molecule has 8 heteroatoms. The van der Waals surface area contributed by atoms with Crippen LogP contribution < -0.4 is 11.1 Å². The Bertz CT molecular complexity index is 987. The molecule has 2 fully saturated rings. The number of likely N-dealkylation sites (tertiary alicyclic amines) is 1. The molecule has 2 aromatic rings. The second kappa shape index (κ2) is 16.9. The number of carbonyl (C=O) groups excluding carboxylic acids is 2. The molecule has 0 radical (unpaired) electrons. The van der Waals surface area contributed by atoms with E-state index >= 15 is 0 Å². The molecule has 1 unspecified atom stereocenters. The molecule has 1 aromatic carbocycles. The largest absolute Gasteiger partial charge is 0.444 e. The van der Waals surface area contributed by atoms with Gasteiger partial charge in [0.05, 0.1) is 11.2 Å². The van der Waals surface area contributed by atoms with Gasteiger partial charge in [-0.1, -0.05) is 46.6 Å². The third-order valence-electron chi connectivity index (χ3n) is 6.29. The molecule has 218 valence electrons. The smallest absolute Gasteiger partial charge is 0.410 e. The van der Waals surface area contributed by atoms with Crippen LogP contribution in [-0.4, -0.2) is 41.1 Å². The van der Waals surface area contributed by atoms with Gasteiger partial charge >= 0.3 is 6.09 Å². The summed E-state index contributed by atoms with van der Waals surface area (Å²) in [5.74, 6) is 0.271. The minimum absolute atomic E-state index is 0.146. The normalized spacial score (nSPS) is 15.7. The molecule has 0 spiro atoms. The first-order valence-electron chi connectivity index (χ1n) is 14.3. The van der Waals surface area contributed by atoms with Gasteiger partial charge in [0, 0.05) is 25.5 Å². The Hall–Kier alpha value is -3.00. The van der Waals surface area contributed by atoms with Crippen LogP contribution in [0.2, 0.25) is 0 Å². The van der Waals surface area contributed by atoms with Crippen molar-refractivity contribution in [2.45, 2.75) is 98.1 Å². The van der Waals surface area contributed by atoms with Crippen LogP contribution in [0.5, 0.6) is 0 Å². The molecular weight excluding hydrogens is 495 g/mol. The van der Waals surface area contributed by atoms with Gasteiger partial charge in [0.2, 0.25) is 6.41 Å². The van der Waals surface area contributed by atoms with Gasteiger partial charge in [-0.05, 0) is 87.8 Å². The highest BCUT2D eigenvalue weighted by molar-refractivity contribution is 5.72. The first-order valence-corrected chi connectivity index (χ1v) is 14.3. The maximum Gasteiger partial charge on any atom is 0.410 e. The molecule has 4 rings (SSSR count). The number of halogens is 1. The summed E-state index contributed by atoms with van der Waals surface area (Å²) in [6.07, 6.45) is 10.3. The van der Waals surface area contributed by atoms with Crippen molar-refractivity contribution in [3.05, 3.63) is 59.7 Å². The van der Waals surface area contributed by atoms with Gasteiger partial charge in [0.25, 0.3) is 0 Å². The molecule has 2 aliphatic rings. The van der Waals surface area contributed by atoms with Crippen molar-refractivity contribution in [3.63, 3.8) is 0 Å². The second-order valence-corrected chi connectivity index (χ2v) is 10.3. The lowest BCUT2D eigenvalue weighted by Gasteiger charge is -2.31. The van der Waals surface area contributed by atoms with Gasteiger partial charge in [0.15, 0.2) is 0 Å². The van der Waals surface area contributed by atoms with Crippen molar-refractivity contribution in [3.8, 4) is 0 Å². The summed E-state index contributed by atoms with van der Waals surface area (Å²) in [7, 11) is 0. The number of aromatic nitrogens is 1. The molecule has 2 amide bonds. The molecule has 1 aliphatic heterocycles. The lowest BCUT2D eigenvalue weighted by atomic mass is 9.79. The van der Waals surface area contributed by atoms with Gasteiger partial charge < -0.3 is 20.7 Å². The highest BCUT2D eigenvalue weighted by atomic mass is 19.1. The number of benzene rings is 1. The average molecular weight is 545 g/mol. The third-order valence-corrected chi connectivity index (χ3v) is 6.29. The number of nitrogens with one attached hydrogen (secondary N) is 1. The minimum Gasteiger partial charge on any atom is -0.444 e. The van der Waals surface area contributed by atoms with Crippen LogP contribution in [0.4, 0.5) is 14.9 Å². The van der Waals surface area contributed by atoms with Gasteiger partial charge in [-0.2, -0.15) is 0 Å². The fourth-order valence-corrected chi connectivity index (χ4v) is 4.15. The van der Waals surface area contributed by atoms with E-state index in [1.165, 1.54) is 18.9 Å². The van der Waals surface area contributed by atoms with Crippen molar-refractivity contribution in [2.75, 3.05) is 18.4 Å². The first-order chi connectivity index (χ1) is 18.6. The van der Waals surface area contributed by atoms with Crippen LogP contribution in [0, 0.1) is 11.7 Å². The summed E-state index contributed by atoms with van der Waals surface area (Å²) in [4.78, 5) is 27.8. The maximum absolute atomic E-state index is 13.8. The number of nitrogens with two attached hydrogens (primary N) is 1. The zero-order valence-corrected chi connectivity index (χ0v) is 24.9. The third kappa shape index (κ3) is 11.3. The average Bonchev–Trinajstić information content (AvgIpc) is 3.60. The van der Waals surface area contributed by atoms with E-state index in [-0.39, 0.29) is 17.4 Å². The van der Waals surface area contributed by atoms with Crippen LogP contribution in [-0.2, 0) is 15.1 Å². The molecule has 1 aliphatic carbocycles. The molecule has 7 nitrogen and oxygen atoms in total.